The Morgan fingerprint density at radius 1 is 1.33 bits per heavy atom. The molecule has 7 heteroatoms. The Morgan fingerprint density at radius 3 is 2.78 bits per heavy atom. The monoisotopic (exact) mass is 519 g/mol. The van der Waals surface area contributed by atoms with E-state index in [0.717, 1.165) is 46.6 Å². The van der Waals surface area contributed by atoms with Gasteiger partial charge in [-0.05, 0) is 62.5 Å². The summed E-state index contributed by atoms with van der Waals surface area (Å²) in [6.45, 7) is 13.1. The molecule has 4 rings (SSSR count). The van der Waals surface area contributed by atoms with E-state index in [1.165, 1.54) is 21.8 Å². The van der Waals surface area contributed by atoms with Crippen LogP contribution in [0.5, 0.6) is 0 Å². The molecule has 0 saturated heterocycles. The third-order valence-electron chi connectivity index (χ3n) is 6.83. The van der Waals surface area contributed by atoms with Crippen LogP contribution in [-0.4, -0.2) is 17.6 Å². The van der Waals surface area contributed by atoms with E-state index in [0.29, 0.717) is 28.7 Å². The van der Waals surface area contributed by atoms with Crippen LogP contribution >= 0.6 is 22.7 Å². The standard InChI is InChI=1S/C29H33N3O2S2/c1-7-34-28(33)25-22-11-9-20(29(4,5)6)13-24(22)36-27(25)31-15-19(14-30)26-32-23(16-35-26)21-10-8-17(2)12-18(21)3/h8,10,12,15-16,20,31H,7,9,11,13H2,1-6H3/b19-15-/t20-/m0/s1. The first kappa shape index (κ1) is 26.1. The van der Waals surface area contributed by atoms with Crippen LogP contribution in [0.2, 0.25) is 0 Å². The molecule has 2 aromatic heterocycles. The average molecular weight is 520 g/mol. The quantitative estimate of drug-likeness (QED) is 0.266. The highest BCUT2D eigenvalue weighted by Gasteiger charge is 2.34. The molecular weight excluding hydrogens is 486 g/mol. The Balaban J connectivity index is 1.64. The van der Waals surface area contributed by atoms with Gasteiger partial charge < -0.3 is 10.1 Å². The summed E-state index contributed by atoms with van der Waals surface area (Å²) >= 11 is 3.05. The second-order valence-corrected chi connectivity index (χ2v) is 12.4. The molecule has 1 atom stereocenters. The molecule has 0 fully saturated rings. The molecule has 0 unspecified atom stereocenters. The summed E-state index contributed by atoms with van der Waals surface area (Å²) in [4.78, 5) is 18.9. The molecule has 0 saturated carbocycles. The highest BCUT2D eigenvalue weighted by molar-refractivity contribution is 7.16. The zero-order valence-electron chi connectivity index (χ0n) is 21.8. The number of aromatic nitrogens is 1. The molecule has 3 aromatic rings. The van der Waals surface area contributed by atoms with E-state index in [2.05, 4.69) is 64.2 Å². The number of rotatable bonds is 6. The number of nitriles is 1. The first-order valence-corrected chi connectivity index (χ1v) is 14.0. The topological polar surface area (TPSA) is 75.0 Å². The fourth-order valence-electron chi connectivity index (χ4n) is 4.75. The summed E-state index contributed by atoms with van der Waals surface area (Å²) in [6, 6.07) is 8.56. The predicted molar refractivity (Wildman–Crippen MR) is 149 cm³/mol. The van der Waals surface area contributed by atoms with Gasteiger partial charge in [0.15, 0.2) is 0 Å². The van der Waals surface area contributed by atoms with Crippen molar-refractivity contribution in [3.63, 3.8) is 0 Å². The van der Waals surface area contributed by atoms with Gasteiger partial charge in [0.05, 0.1) is 17.9 Å². The molecule has 0 aliphatic heterocycles. The van der Waals surface area contributed by atoms with Crippen molar-refractivity contribution >= 4 is 39.2 Å². The molecule has 1 aromatic carbocycles. The molecule has 1 aliphatic rings. The van der Waals surface area contributed by atoms with Crippen molar-refractivity contribution in [2.75, 3.05) is 11.9 Å². The largest absolute Gasteiger partial charge is 0.462 e. The van der Waals surface area contributed by atoms with E-state index in [-0.39, 0.29) is 11.4 Å². The number of thiazole rings is 1. The molecule has 1 aliphatic carbocycles. The molecule has 0 spiro atoms. The van der Waals surface area contributed by atoms with Gasteiger partial charge in [-0.1, -0.05) is 44.5 Å². The lowest BCUT2D eigenvalue weighted by Gasteiger charge is -2.33. The van der Waals surface area contributed by atoms with Crippen molar-refractivity contribution in [1.29, 1.82) is 5.26 Å². The number of carbonyl (C=O) groups is 1. The van der Waals surface area contributed by atoms with Gasteiger partial charge in [-0.3, -0.25) is 0 Å². The predicted octanol–water partition coefficient (Wildman–Crippen LogP) is 7.79. The third-order valence-corrected chi connectivity index (χ3v) is 8.89. The third kappa shape index (κ3) is 5.40. The van der Waals surface area contributed by atoms with Crippen molar-refractivity contribution in [1.82, 2.24) is 4.98 Å². The van der Waals surface area contributed by atoms with Crippen LogP contribution in [0.1, 0.15) is 71.0 Å². The second-order valence-electron chi connectivity index (χ2n) is 10.4. The number of fused-ring (bicyclic) bond motifs is 1. The maximum atomic E-state index is 12.9. The normalized spacial score (nSPS) is 15.8. The number of aryl methyl sites for hydroxylation is 2. The van der Waals surface area contributed by atoms with Crippen LogP contribution in [0, 0.1) is 36.5 Å². The average Bonchev–Trinajstić information content (AvgIpc) is 3.43. The number of thiophene rings is 1. The summed E-state index contributed by atoms with van der Waals surface area (Å²) in [5.41, 5.74) is 6.66. The lowest BCUT2D eigenvalue weighted by atomic mass is 9.72. The van der Waals surface area contributed by atoms with Gasteiger partial charge in [-0.25, -0.2) is 9.78 Å². The van der Waals surface area contributed by atoms with Gasteiger partial charge in [-0.2, -0.15) is 5.26 Å². The first-order valence-electron chi connectivity index (χ1n) is 12.3. The van der Waals surface area contributed by atoms with Gasteiger partial charge >= 0.3 is 5.97 Å². The number of hydrogen-bond donors (Lipinski definition) is 1. The van der Waals surface area contributed by atoms with Gasteiger partial charge in [0.25, 0.3) is 0 Å². The van der Waals surface area contributed by atoms with Crippen molar-refractivity contribution in [2.45, 2.75) is 60.8 Å². The molecule has 5 nitrogen and oxygen atoms in total. The van der Waals surface area contributed by atoms with Gasteiger partial charge in [-0.15, -0.1) is 22.7 Å². The number of allylic oxidation sites excluding steroid dienone is 1. The molecular formula is C29H33N3O2S2. The smallest absolute Gasteiger partial charge is 0.341 e. The Kier molecular flexibility index (Phi) is 7.67. The van der Waals surface area contributed by atoms with E-state index in [1.807, 2.05) is 12.3 Å². The number of ether oxygens (including phenoxy) is 1. The molecule has 0 amide bonds. The Hall–Kier alpha value is -2.95. The van der Waals surface area contributed by atoms with Crippen molar-refractivity contribution < 1.29 is 9.53 Å². The van der Waals surface area contributed by atoms with Crippen LogP contribution in [0.15, 0.2) is 29.8 Å². The number of nitrogens with one attached hydrogen (secondary N) is 1. The summed E-state index contributed by atoms with van der Waals surface area (Å²) in [5, 5.41) is 16.6. The van der Waals surface area contributed by atoms with E-state index < -0.39 is 0 Å². The van der Waals surface area contributed by atoms with Gasteiger partial charge in [0, 0.05) is 22.0 Å². The Labute approximate surface area is 221 Å². The summed E-state index contributed by atoms with van der Waals surface area (Å²) in [5.74, 6) is 0.265. The van der Waals surface area contributed by atoms with Crippen molar-refractivity contribution in [3.05, 3.63) is 61.9 Å². The molecule has 0 radical (unpaired) electrons. The molecule has 188 valence electrons. The van der Waals surface area contributed by atoms with Crippen molar-refractivity contribution in [2.24, 2.45) is 11.3 Å². The van der Waals surface area contributed by atoms with E-state index in [9.17, 15) is 10.1 Å². The maximum absolute atomic E-state index is 12.9. The van der Waals surface area contributed by atoms with Gasteiger partial charge in [0.1, 0.15) is 21.7 Å². The van der Waals surface area contributed by atoms with Crippen molar-refractivity contribution in [3.8, 4) is 17.3 Å². The number of benzene rings is 1. The molecule has 0 bridgehead atoms. The second kappa shape index (κ2) is 10.6. The fraction of sp³-hybridized carbons (Fsp3) is 0.414. The fourth-order valence-corrected chi connectivity index (χ4v) is 6.82. The Bertz CT molecular complexity index is 1350. The zero-order valence-corrected chi connectivity index (χ0v) is 23.5. The summed E-state index contributed by atoms with van der Waals surface area (Å²) in [7, 11) is 0. The SMILES string of the molecule is CCOC(=O)c1c(N/C=C(/C#N)c2nc(-c3ccc(C)cc3C)cs2)sc2c1CC[C@H](C(C)(C)C)C2. The summed E-state index contributed by atoms with van der Waals surface area (Å²) in [6.07, 6.45) is 4.55. The van der Waals surface area contributed by atoms with Gasteiger partial charge in [0.2, 0.25) is 0 Å². The lowest BCUT2D eigenvalue weighted by Crippen LogP contribution is -2.26. The van der Waals surface area contributed by atoms with Crippen LogP contribution < -0.4 is 5.32 Å². The number of hydrogen-bond acceptors (Lipinski definition) is 7. The van der Waals surface area contributed by atoms with Crippen LogP contribution in [0.3, 0.4) is 0 Å². The van der Waals surface area contributed by atoms with Crippen LogP contribution in [0.4, 0.5) is 5.00 Å². The number of carbonyl (C=O) groups excluding carboxylic acids is 1. The number of anilines is 1. The van der Waals surface area contributed by atoms with Crippen LogP contribution in [-0.2, 0) is 17.6 Å². The van der Waals surface area contributed by atoms with E-state index in [4.69, 9.17) is 9.72 Å². The minimum Gasteiger partial charge on any atom is -0.462 e. The summed E-state index contributed by atoms with van der Waals surface area (Å²) < 4.78 is 5.41. The minimum absolute atomic E-state index is 0.214. The first-order chi connectivity index (χ1) is 17.1. The van der Waals surface area contributed by atoms with E-state index in [1.54, 1.807) is 17.5 Å². The molecule has 36 heavy (non-hydrogen) atoms. The molecule has 2 heterocycles. The maximum Gasteiger partial charge on any atom is 0.341 e. The highest BCUT2D eigenvalue weighted by atomic mass is 32.1. The minimum atomic E-state index is -0.301. The Morgan fingerprint density at radius 2 is 2.11 bits per heavy atom. The van der Waals surface area contributed by atoms with Crippen LogP contribution in [0.25, 0.3) is 16.8 Å². The zero-order chi connectivity index (χ0) is 26.0. The number of esters is 1. The lowest BCUT2D eigenvalue weighted by molar-refractivity contribution is 0.0526. The molecule has 1 N–H and O–H groups in total. The highest BCUT2D eigenvalue weighted by Crippen LogP contribution is 2.44. The number of nitrogens with zero attached hydrogens (tertiary/aromatic N) is 2. The van der Waals surface area contributed by atoms with E-state index >= 15 is 0 Å².